The predicted octanol–water partition coefficient (Wildman–Crippen LogP) is 1.90. The molecule has 0 radical (unpaired) electrons. The van der Waals surface area contributed by atoms with Crippen molar-refractivity contribution in [3.05, 3.63) is 29.6 Å². The van der Waals surface area contributed by atoms with Crippen LogP contribution in [-0.2, 0) is 4.79 Å². The molecule has 1 amide bonds. The molecule has 5 nitrogen and oxygen atoms in total. The topological polar surface area (TPSA) is 58.6 Å². The van der Waals surface area contributed by atoms with E-state index in [4.69, 9.17) is 4.74 Å². The Kier molecular flexibility index (Phi) is 9.37. The molecule has 0 aliphatic heterocycles. The molecule has 1 rings (SSSR count). The minimum Gasteiger partial charge on any atom is -0.494 e. The fraction of sp³-hybridized carbons (Fsp3) is 0.467. The summed E-state index contributed by atoms with van der Waals surface area (Å²) in [6, 6.07) is 4.04. The number of hydrogen-bond acceptors (Lipinski definition) is 4. The quantitative estimate of drug-likeness (QED) is 0.739. The zero-order chi connectivity index (χ0) is 15.8. The van der Waals surface area contributed by atoms with Gasteiger partial charge in [-0.3, -0.25) is 9.59 Å². The Morgan fingerprint density at radius 2 is 2.00 bits per heavy atom. The molecule has 0 saturated heterocycles. The lowest BCUT2D eigenvalue weighted by Crippen LogP contribution is -2.32. The zero-order valence-electron chi connectivity index (χ0n) is 13.0. The van der Waals surface area contributed by atoms with E-state index in [1.165, 1.54) is 19.2 Å². The highest BCUT2D eigenvalue weighted by molar-refractivity contribution is 5.98. The number of ether oxygens (including phenoxy) is 1. The van der Waals surface area contributed by atoms with E-state index in [1.54, 1.807) is 19.0 Å². The number of amides is 1. The van der Waals surface area contributed by atoms with Gasteiger partial charge in [0.15, 0.2) is 17.3 Å². The monoisotopic (exact) mass is 332 g/mol. The van der Waals surface area contributed by atoms with Crippen LogP contribution in [0, 0.1) is 5.82 Å². The Morgan fingerprint density at radius 3 is 2.55 bits per heavy atom. The summed E-state index contributed by atoms with van der Waals surface area (Å²) in [7, 11) is 4.86. The second-order valence-electron chi connectivity index (χ2n) is 4.69. The number of benzene rings is 1. The van der Waals surface area contributed by atoms with E-state index in [9.17, 15) is 14.0 Å². The van der Waals surface area contributed by atoms with Crippen molar-refractivity contribution in [3.8, 4) is 5.75 Å². The molecule has 0 aliphatic rings. The van der Waals surface area contributed by atoms with E-state index in [-0.39, 0.29) is 48.3 Å². The average Bonchev–Trinajstić information content (AvgIpc) is 2.49. The van der Waals surface area contributed by atoms with Crippen LogP contribution in [-0.4, -0.2) is 50.9 Å². The SMILES string of the molecule is CNCCN(C)C(=O)CCC(=O)c1ccc(OC)c(F)c1.Cl. The number of ketones is 1. The Balaban J connectivity index is 0.00000441. The van der Waals surface area contributed by atoms with E-state index >= 15 is 0 Å². The lowest BCUT2D eigenvalue weighted by atomic mass is 10.1. The molecule has 0 bridgehead atoms. The molecule has 0 aromatic heterocycles. The number of nitrogens with zero attached hydrogens (tertiary/aromatic N) is 1. The second-order valence-corrected chi connectivity index (χ2v) is 4.69. The zero-order valence-corrected chi connectivity index (χ0v) is 13.8. The number of carbonyl (C=O) groups is 2. The highest BCUT2D eigenvalue weighted by atomic mass is 35.5. The van der Waals surface area contributed by atoms with Gasteiger partial charge in [0, 0.05) is 38.5 Å². The highest BCUT2D eigenvalue weighted by Crippen LogP contribution is 2.19. The van der Waals surface area contributed by atoms with Crippen LogP contribution in [0.15, 0.2) is 18.2 Å². The smallest absolute Gasteiger partial charge is 0.222 e. The molecule has 7 heteroatoms. The summed E-state index contributed by atoms with van der Waals surface area (Å²) < 4.78 is 18.3. The van der Waals surface area contributed by atoms with Gasteiger partial charge in [-0.1, -0.05) is 0 Å². The van der Waals surface area contributed by atoms with Crippen molar-refractivity contribution in [2.45, 2.75) is 12.8 Å². The van der Waals surface area contributed by atoms with Gasteiger partial charge in [-0.05, 0) is 25.2 Å². The number of halogens is 2. The van der Waals surface area contributed by atoms with Crippen LogP contribution < -0.4 is 10.1 Å². The van der Waals surface area contributed by atoms with Gasteiger partial charge in [-0.25, -0.2) is 4.39 Å². The predicted molar refractivity (Wildman–Crippen MR) is 85.3 cm³/mol. The molecule has 0 fully saturated rings. The first-order valence-electron chi connectivity index (χ1n) is 6.75. The van der Waals surface area contributed by atoms with Crippen molar-refractivity contribution in [2.24, 2.45) is 0 Å². The molecule has 1 N–H and O–H groups in total. The minimum absolute atomic E-state index is 0. The average molecular weight is 333 g/mol. The molecule has 1 aromatic carbocycles. The first kappa shape index (κ1) is 20.3. The van der Waals surface area contributed by atoms with Gasteiger partial charge >= 0.3 is 0 Å². The first-order chi connectivity index (χ1) is 9.99. The molecule has 0 aliphatic carbocycles. The fourth-order valence-electron chi connectivity index (χ4n) is 1.80. The fourth-order valence-corrected chi connectivity index (χ4v) is 1.80. The number of likely N-dealkylation sites (N-methyl/N-ethyl adjacent to an activating group) is 2. The molecule has 0 atom stereocenters. The Labute approximate surface area is 136 Å². The van der Waals surface area contributed by atoms with Crippen molar-refractivity contribution in [2.75, 3.05) is 34.3 Å². The van der Waals surface area contributed by atoms with E-state index < -0.39 is 5.82 Å². The van der Waals surface area contributed by atoms with Crippen LogP contribution in [0.4, 0.5) is 4.39 Å². The second kappa shape index (κ2) is 10.1. The third kappa shape index (κ3) is 5.99. The van der Waals surface area contributed by atoms with Crippen LogP contribution in [0.3, 0.4) is 0 Å². The highest BCUT2D eigenvalue weighted by Gasteiger charge is 2.14. The third-order valence-electron chi connectivity index (χ3n) is 3.16. The van der Waals surface area contributed by atoms with Crippen molar-refractivity contribution >= 4 is 24.1 Å². The van der Waals surface area contributed by atoms with Gasteiger partial charge in [-0.2, -0.15) is 0 Å². The summed E-state index contributed by atoms with van der Waals surface area (Å²) in [6.07, 6.45) is 0.182. The van der Waals surface area contributed by atoms with Crippen molar-refractivity contribution in [3.63, 3.8) is 0 Å². The summed E-state index contributed by atoms with van der Waals surface area (Å²) in [4.78, 5) is 25.3. The van der Waals surface area contributed by atoms with Crippen LogP contribution in [0.2, 0.25) is 0 Å². The molecular formula is C15H22ClFN2O3. The summed E-state index contributed by atoms with van der Waals surface area (Å²) >= 11 is 0. The van der Waals surface area contributed by atoms with Crippen LogP contribution in [0.5, 0.6) is 5.75 Å². The lowest BCUT2D eigenvalue weighted by Gasteiger charge is -2.16. The molecule has 22 heavy (non-hydrogen) atoms. The van der Waals surface area contributed by atoms with Crippen LogP contribution in [0.25, 0.3) is 0 Å². The van der Waals surface area contributed by atoms with Crippen LogP contribution >= 0.6 is 12.4 Å². The van der Waals surface area contributed by atoms with Gasteiger partial charge in [0.05, 0.1) is 7.11 Å². The van der Waals surface area contributed by atoms with Crippen LogP contribution in [0.1, 0.15) is 23.2 Å². The van der Waals surface area contributed by atoms with Gasteiger partial charge < -0.3 is 15.0 Å². The van der Waals surface area contributed by atoms with Gasteiger partial charge in [0.1, 0.15) is 0 Å². The number of Topliss-reactive ketones (excluding diaryl/α,β-unsaturated/α-hetero) is 1. The van der Waals surface area contributed by atoms with Crippen molar-refractivity contribution in [1.82, 2.24) is 10.2 Å². The molecule has 0 unspecified atom stereocenters. The molecule has 0 spiro atoms. The van der Waals surface area contributed by atoms with Gasteiger partial charge in [-0.15, -0.1) is 12.4 Å². The Morgan fingerprint density at radius 1 is 1.32 bits per heavy atom. The summed E-state index contributed by atoms with van der Waals surface area (Å²) in [5.74, 6) is -0.852. The maximum Gasteiger partial charge on any atom is 0.222 e. The summed E-state index contributed by atoms with van der Waals surface area (Å²) in [5.41, 5.74) is 0.249. The molecular weight excluding hydrogens is 311 g/mol. The normalized spacial score (nSPS) is 9.82. The summed E-state index contributed by atoms with van der Waals surface area (Å²) in [6.45, 7) is 1.28. The van der Waals surface area contributed by atoms with Crippen molar-refractivity contribution in [1.29, 1.82) is 0 Å². The summed E-state index contributed by atoms with van der Waals surface area (Å²) in [5, 5.41) is 2.95. The number of nitrogens with one attached hydrogen (secondary N) is 1. The van der Waals surface area contributed by atoms with Crippen molar-refractivity contribution < 1.29 is 18.7 Å². The standard InChI is InChI=1S/C15H21FN2O3.ClH/c1-17-8-9-18(2)15(20)7-5-13(19)11-4-6-14(21-3)12(16)10-11;/h4,6,10,17H,5,7-9H2,1-3H3;1H. The molecule has 124 valence electrons. The Bertz CT molecular complexity index is 512. The van der Waals surface area contributed by atoms with E-state index in [1.807, 2.05) is 0 Å². The first-order valence-corrected chi connectivity index (χ1v) is 6.75. The Hall–Kier alpha value is -1.66. The van der Waals surface area contributed by atoms with Gasteiger partial charge in [0.25, 0.3) is 0 Å². The minimum atomic E-state index is -0.583. The molecule has 1 aromatic rings. The largest absolute Gasteiger partial charge is 0.494 e. The number of methoxy groups -OCH3 is 1. The van der Waals surface area contributed by atoms with E-state index in [0.717, 1.165) is 6.07 Å². The third-order valence-corrected chi connectivity index (χ3v) is 3.16. The van der Waals surface area contributed by atoms with E-state index in [0.29, 0.717) is 13.1 Å². The molecule has 0 saturated carbocycles. The van der Waals surface area contributed by atoms with Gasteiger partial charge in [0.2, 0.25) is 5.91 Å². The lowest BCUT2D eigenvalue weighted by molar-refractivity contribution is -0.129. The molecule has 0 heterocycles. The number of carbonyl (C=O) groups excluding carboxylic acids is 2. The number of rotatable bonds is 8. The number of hydrogen-bond donors (Lipinski definition) is 1. The maximum absolute atomic E-state index is 13.5. The maximum atomic E-state index is 13.5. The van der Waals surface area contributed by atoms with E-state index in [2.05, 4.69) is 5.32 Å².